The Hall–Kier alpha value is 1.24. The van der Waals surface area contributed by atoms with E-state index in [4.69, 9.17) is 9.90 Å². The van der Waals surface area contributed by atoms with Gasteiger partial charge in [-0.15, -0.1) is 0 Å². The summed E-state index contributed by atoms with van der Waals surface area (Å²) in [4.78, 5) is 8.77. The van der Waals surface area contributed by atoms with E-state index in [2.05, 4.69) is 11.6 Å². The molecule has 0 spiro atoms. The first-order valence-corrected chi connectivity index (χ1v) is 0.995. The third-order valence-corrected chi connectivity index (χ3v) is 0. The summed E-state index contributed by atoms with van der Waals surface area (Å²) < 4.78 is 0. The summed E-state index contributed by atoms with van der Waals surface area (Å²) in [5.74, 6) is 0. The Labute approximate surface area is 71.4 Å². The normalized spacial score (nSPS) is 5.00. The summed E-state index contributed by atoms with van der Waals surface area (Å²) in [6, 6.07) is 0. The van der Waals surface area contributed by atoms with Crippen LogP contribution in [0.1, 0.15) is 0 Å². The third kappa shape index (κ3) is 35.8. The molecule has 0 aromatic carbocycles. The third-order valence-electron chi connectivity index (χ3n) is 0. The van der Waals surface area contributed by atoms with Crippen LogP contribution < -0.4 is 0 Å². The molecule has 0 bridgehead atoms. The molecule has 1 N–H and O–H groups in total. The van der Waals surface area contributed by atoms with Gasteiger partial charge in [-0.1, -0.05) is 0 Å². The summed E-state index contributed by atoms with van der Waals surface area (Å²) >= 11 is 4.19. The van der Waals surface area contributed by atoms with Gasteiger partial charge in [0.05, 0.1) is 0 Å². The molecule has 0 aliphatic rings. The molecule has 0 fully saturated rings. The predicted molar refractivity (Wildman–Crippen MR) is 13.9 cm³/mol. The molecule has 4 heteroatoms. The van der Waals surface area contributed by atoms with Crippen LogP contribution in [-0.2, 0) is 0 Å². The Bertz CT molecular complexity index is 32.6. The van der Waals surface area contributed by atoms with Crippen LogP contribution in [0.3, 0.4) is 0 Å². The Morgan fingerprint density at radius 1 is 1.80 bits per heavy atom. The van der Waals surface area contributed by atoms with Crippen molar-refractivity contribution in [3.05, 3.63) is 0 Å². The second-order valence-electron chi connectivity index (χ2n) is 0.253. The van der Waals surface area contributed by atoms with Crippen molar-refractivity contribution >= 4 is 17.0 Å². The molecule has 32 valence electrons. The number of carbonyl (C=O) groups is 1. The fourth-order valence-electron chi connectivity index (χ4n) is 0. The van der Waals surface area contributed by atoms with Crippen LogP contribution in [0.4, 0.5) is 4.79 Å². The summed E-state index contributed by atoms with van der Waals surface area (Å²) in [5.41, 5.74) is -1.36. The second kappa shape index (κ2) is 5.24. The largest absolute Gasteiger partial charge is 0.469 e. The molecule has 0 aromatic rings. The van der Waals surface area contributed by atoms with E-state index >= 15 is 0 Å². The Morgan fingerprint density at radius 2 is 1.80 bits per heavy atom. The first kappa shape index (κ1) is 9.53. The average molecular weight is 164 g/mol. The van der Waals surface area contributed by atoms with Crippen LogP contribution in [-0.4, -0.2) is 10.5 Å². The SMILES string of the molecule is O=C(O)Cl.[Kr]. The maximum atomic E-state index is 8.77. The molecule has 0 saturated carbocycles. The zero-order valence-electron chi connectivity index (χ0n) is 2.09. The summed E-state index contributed by atoms with van der Waals surface area (Å²) in [6.45, 7) is 0. The van der Waals surface area contributed by atoms with Crippen molar-refractivity contribution in [3.8, 4) is 0 Å². The van der Waals surface area contributed by atoms with Crippen molar-refractivity contribution in [2.45, 2.75) is 0 Å². The molecular formula is CHClKrO2. The molecule has 0 aliphatic carbocycles. The van der Waals surface area contributed by atoms with E-state index in [0.29, 0.717) is 0 Å². The van der Waals surface area contributed by atoms with E-state index in [-0.39, 0.29) is 45.5 Å². The minimum absolute atomic E-state index is 0. The molecule has 0 aromatic heterocycles. The van der Waals surface area contributed by atoms with Gasteiger partial charge in [0.2, 0.25) is 0 Å². The van der Waals surface area contributed by atoms with Crippen molar-refractivity contribution < 1.29 is 55.4 Å². The van der Waals surface area contributed by atoms with Crippen molar-refractivity contribution in [1.82, 2.24) is 0 Å². The fraction of sp³-hybridized carbons (Fsp3) is 0. The van der Waals surface area contributed by atoms with Gasteiger partial charge >= 0.3 is 5.43 Å². The first-order valence-electron chi connectivity index (χ1n) is 0.617. The summed E-state index contributed by atoms with van der Waals surface area (Å²) in [6.07, 6.45) is 0. The molecule has 5 heavy (non-hydrogen) atoms. The monoisotopic (exact) mass is 164 g/mol. The Balaban J connectivity index is 0. The van der Waals surface area contributed by atoms with Gasteiger partial charge in [-0.25, -0.2) is 4.79 Å². The number of hydrogen-bond donors (Lipinski definition) is 1. The van der Waals surface area contributed by atoms with Gasteiger partial charge in [-0.2, -0.15) is 0 Å². The zero-order chi connectivity index (χ0) is 3.58. The molecule has 0 rings (SSSR count). The second-order valence-corrected chi connectivity index (χ2v) is 0.576. The fourth-order valence-corrected chi connectivity index (χ4v) is 0. The van der Waals surface area contributed by atoms with Gasteiger partial charge < -0.3 is 5.11 Å². The van der Waals surface area contributed by atoms with Crippen molar-refractivity contribution in [1.29, 1.82) is 0 Å². The number of carboxylic acid groups (broad SMARTS) is 1. The quantitative estimate of drug-likeness (QED) is 0.540. The number of rotatable bonds is 0. The van der Waals surface area contributed by atoms with Gasteiger partial charge in [0.15, 0.2) is 0 Å². The van der Waals surface area contributed by atoms with E-state index in [9.17, 15) is 0 Å². The summed E-state index contributed by atoms with van der Waals surface area (Å²) in [5, 5.41) is 7.18. The molecule has 0 atom stereocenters. The van der Waals surface area contributed by atoms with Crippen LogP contribution in [0.2, 0.25) is 0 Å². The van der Waals surface area contributed by atoms with Gasteiger partial charge in [0.1, 0.15) is 0 Å². The van der Waals surface area contributed by atoms with E-state index in [0.717, 1.165) is 0 Å². The predicted octanol–water partition coefficient (Wildman–Crippen LogP) is 0.903. The van der Waals surface area contributed by atoms with E-state index in [1.165, 1.54) is 0 Å². The number of hydrogen-bond acceptors (Lipinski definition) is 1. The molecule has 0 radical (unpaired) electrons. The maximum Gasteiger partial charge on any atom is 0.401 e. The Kier molecular flexibility index (Phi) is 9.99. The van der Waals surface area contributed by atoms with Gasteiger partial charge in [0, 0.05) is 57.1 Å². The molecular weight excluding hydrogens is 163 g/mol. The smallest absolute Gasteiger partial charge is 0.401 e. The molecule has 0 unspecified atom stereocenters. The minimum atomic E-state index is -1.36. The average Bonchev–Trinajstić information content (AvgIpc) is 0.811. The minimum Gasteiger partial charge on any atom is -0.469 e. The van der Waals surface area contributed by atoms with Gasteiger partial charge in [-0.3, -0.25) is 0 Å². The van der Waals surface area contributed by atoms with Crippen molar-refractivity contribution in [2.24, 2.45) is 0 Å². The topological polar surface area (TPSA) is 37.3 Å². The number of halogens is 1. The maximum absolute atomic E-state index is 8.77. The van der Waals surface area contributed by atoms with Gasteiger partial charge in [-0.05, 0) is 0 Å². The van der Waals surface area contributed by atoms with Crippen LogP contribution in [0.15, 0.2) is 0 Å². The van der Waals surface area contributed by atoms with Crippen LogP contribution >= 0.6 is 11.6 Å². The molecule has 0 heterocycles. The van der Waals surface area contributed by atoms with Crippen molar-refractivity contribution in [3.63, 3.8) is 0 Å². The van der Waals surface area contributed by atoms with Gasteiger partial charge in [0.25, 0.3) is 0 Å². The first-order chi connectivity index (χ1) is 1.73. The molecule has 2 nitrogen and oxygen atoms in total. The Morgan fingerprint density at radius 3 is 1.80 bits per heavy atom. The molecule has 0 aliphatic heterocycles. The van der Waals surface area contributed by atoms with Crippen LogP contribution in [0.25, 0.3) is 0 Å². The van der Waals surface area contributed by atoms with Crippen molar-refractivity contribution in [2.75, 3.05) is 0 Å². The van der Waals surface area contributed by atoms with E-state index in [1.807, 2.05) is 0 Å². The van der Waals surface area contributed by atoms with E-state index in [1.54, 1.807) is 0 Å². The molecule has 0 saturated heterocycles. The van der Waals surface area contributed by atoms with E-state index < -0.39 is 5.43 Å². The zero-order valence-corrected chi connectivity index (χ0v) is 4.33. The summed E-state index contributed by atoms with van der Waals surface area (Å²) in [7, 11) is 0. The molecule has 0 amide bonds. The standard InChI is InChI=1S/CHClO2.Kr/c2-1(3)4;/h(H,3,4);. The van der Waals surface area contributed by atoms with Crippen LogP contribution in [0, 0.1) is 45.5 Å². The van der Waals surface area contributed by atoms with Crippen LogP contribution in [0.5, 0.6) is 0 Å².